The maximum Gasteiger partial charge on any atom is 0.343 e. The molecule has 0 bridgehead atoms. The van der Waals surface area contributed by atoms with Crippen molar-refractivity contribution in [2.75, 3.05) is 13.7 Å². The predicted molar refractivity (Wildman–Crippen MR) is 117 cm³/mol. The zero-order chi connectivity index (χ0) is 22.3. The van der Waals surface area contributed by atoms with Crippen LogP contribution in [0.5, 0.6) is 0 Å². The van der Waals surface area contributed by atoms with Crippen LogP contribution in [-0.2, 0) is 19.0 Å². The van der Waals surface area contributed by atoms with Gasteiger partial charge in [-0.3, -0.25) is 4.90 Å². The number of aliphatic hydroxyl groups is 1. The molecule has 31 heavy (non-hydrogen) atoms. The molecule has 5 atom stereocenters. The van der Waals surface area contributed by atoms with Crippen LogP contribution in [0.15, 0.2) is 34.7 Å². The molecule has 0 spiro atoms. The summed E-state index contributed by atoms with van der Waals surface area (Å²) in [6, 6.07) is 0.526. The van der Waals surface area contributed by atoms with E-state index in [1.54, 1.807) is 14.0 Å². The lowest BCUT2D eigenvalue weighted by molar-refractivity contribution is -0.133. The SMILES string of the molecule is COC1=C(C)C(=O)OC1=C1OC2=CCCN3C(C(O)CCC(C)C)CCCC3C2C1C. The van der Waals surface area contributed by atoms with Crippen molar-refractivity contribution in [2.45, 2.75) is 84.4 Å². The van der Waals surface area contributed by atoms with E-state index in [4.69, 9.17) is 14.2 Å². The highest BCUT2D eigenvalue weighted by atomic mass is 16.6. The number of methoxy groups -OCH3 is 1. The molecule has 0 radical (unpaired) electrons. The average Bonchev–Trinajstić information content (AvgIpc) is 3.13. The number of cyclic esters (lactones) is 1. The minimum Gasteiger partial charge on any atom is -0.492 e. The summed E-state index contributed by atoms with van der Waals surface area (Å²) in [6.07, 6.45) is 7.98. The molecule has 1 N–H and O–H groups in total. The second-order valence-corrected chi connectivity index (χ2v) is 9.89. The van der Waals surface area contributed by atoms with Crippen molar-refractivity contribution in [1.29, 1.82) is 0 Å². The fourth-order valence-electron chi connectivity index (χ4n) is 5.83. The molecule has 172 valence electrons. The Labute approximate surface area is 185 Å². The van der Waals surface area contributed by atoms with Gasteiger partial charge in [-0.15, -0.1) is 0 Å². The van der Waals surface area contributed by atoms with E-state index in [0.717, 1.165) is 50.8 Å². The number of fused-ring (bicyclic) bond motifs is 3. The summed E-state index contributed by atoms with van der Waals surface area (Å²) in [7, 11) is 1.56. The van der Waals surface area contributed by atoms with Crippen molar-refractivity contribution in [3.8, 4) is 0 Å². The van der Waals surface area contributed by atoms with Gasteiger partial charge in [0.2, 0.25) is 5.76 Å². The van der Waals surface area contributed by atoms with Crippen molar-refractivity contribution in [3.05, 3.63) is 34.7 Å². The van der Waals surface area contributed by atoms with Crippen LogP contribution in [0.2, 0.25) is 0 Å². The molecule has 4 aliphatic rings. The highest BCUT2D eigenvalue weighted by Crippen LogP contribution is 2.49. The van der Waals surface area contributed by atoms with Crippen molar-refractivity contribution in [1.82, 2.24) is 4.90 Å². The fraction of sp³-hybridized carbons (Fsp3) is 0.720. The normalized spacial score (nSPS) is 34.7. The Morgan fingerprint density at radius 1 is 1.26 bits per heavy atom. The second kappa shape index (κ2) is 8.99. The lowest BCUT2D eigenvalue weighted by Gasteiger charge is -2.46. The molecule has 6 nitrogen and oxygen atoms in total. The Hall–Kier alpha value is -1.79. The number of hydrogen-bond acceptors (Lipinski definition) is 6. The summed E-state index contributed by atoms with van der Waals surface area (Å²) >= 11 is 0. The Morgan fingerprint density at radius 2 is 2.03 bits per heavy atom. The Morgan fingerprint density at radius 3 is 2.74 bits per heavy atom. The first kappa shape index (κ1) is 22.4. The van der Waals surface area contributed by atoms with Crippen LogP contribution in [0.4, 0.5) is 0 Å². The van der Waals surface area contributed by atoms with E-state index in [-0.39, 0.29) is 30.0 Å². The summed E-state index contributed by atoms with van der Waals surface area (Å²) in [4.78, 5) is 14.7. The van der Waals surface area contributed by atoms with Gasteiger partial charge in [0, 0.05) is 30.5 Å². The summed E-state index contributed by atoms with van der Waals surface area (Å²) in [6.45, 7) is 9.26. The first-order valence-corrected chi connectivity index (χ1v) is 11.9. The topological polar surface area (TPSA) is 68.2 Å². The maximum atomic E-state index is 12.1. The third kappa shape index (κ3) is 4.05. The molecule has 0 aliphatic carbocycles. The smallest absolute Gasteiger partial charge is 0.343 e. The predicted octanol–water partition coefficient (Wildman–Crippen LogP) is 4.27. The van der Waals surface area contributed by atoms with Crippen LogP contribution in [0.25, 0.3) is 0 Å². The summed E-state index contributed by atoms with van der Waals surface area (Å²) in [5, 5.41) is 11.0. The first-order valence-electron chi connectivity index (χ1n) is 11.9. The van der Waals surface area contributed by atoms with Crippen LogP contribution in [0, 0.1) is 17.8 Å². The van der Waals surface area contributed by atoms with E-state index in [1.807, 2.05) is 0 Å². The molecule has 4 aliphatic heterocycles. The van der Waals surface area contributed by atoms with Gasteiger partial charge in [-0.25, -0.2) is 4.79 Å². The summed E-state index contributed by atoms with van der Waals surface area (Å²) in [5.74, 6) is 3.09. The molecule has 0 aromatic carbocycles. The average molecular weight is 432 g/mol. The molecule has 6 heteroatoms. The van der Waals surface area contributed by atoms with Crippen LogP contribution >= 0.6 is 0 Å². The Kier molecular flexibility index (Phi) is 6.50. The fourth-order valence-corrected chi connectivity index (χ4v) is 5.83. The molecule has 4 heterocycles. The largest absolute Gasteiger partial charge is 0.492 e. The van der Waals surface area contributed by atoms with E-state index in [2.05, 4.69) is 31.7 Å². The van der Waals surface area contributed by atoms with Crippen molar-refractivity contribution < 1.29 is 24.1 Å². The third-order valence-electron chi connectivity index (χ3n) is 7.47. The molecule has 2 saturated heterocycles. The molecule has 0 aromatic heterocycles. The number of hydrogen-bond donors (Lipinski definition) is 1. The standard InChI is InChI=1S/C25H37NO5/c1-14(2)11-12-19(27)17-8-6-9-18-21-15(3)23(30-20(21)10-7-13-26(17)18)24-22(29-5)16(4)25(28)31-24/h10,14-15,17-19,21,27H,6-9,11-13H2,1-5H3. The van der Waals surface area contributed by atoms with Crippen LogP contribution < -0.4 is 0 Å². The quantitative estimate of drug-likeness (QED) is 0.656. The van der Waals surface area contributed by atoms with Gasteiger partial charge in [-0.05, 0) is 51.0 Å². The van der Waals surface area contributed by atoms with Gasteiger partial charge >= 0.3 is 5.97 Å². The van der Waals surface area contributed by atoms with Crippen molar-refractivity contribution in [3.63, 3.8) is 0 Å². The zero-order valence-electron chi connectivity index (χ0n) is 19.5. The Balaban J connectivity index is 1.61. The van der Waals surface area contributed by atoms with Gasteiger partial charge in [-0.2, -0.15) is 0 Å². The number of nitrogens with zero attached hydrogens (tertiary/aromatic N) is 1. The van der Waals surface area contributed by atoms with E-state index in [9.17, 15) is 9.90 Å². The lowest BCUT2D eigenvalue weighted by atomic mass is 9.79. The highest BCUT2D eigenvalue weighted by Gasteiger charge is 2.49. The van der Waals surface area contributed by atoms with Crippen LogP contribution in [0.1, 0.15) is 66.2 Å². The van der Waals surface area contributed by atoms with Gasteiger partial charge in [0.1, 0.15) is 5.76 Å². The maximum absolute atomic E-state index is 12.1. The monoisotopic (exact) mass is 431 g/mol. The number of carbonyl (C=O) groups excluding carboxylic acids is 1. The van der Waals surface area contributed by atoms with Crippen molar-refractivity contribution >= 4 is 5.97 Å². The number of piperidine rings is 1. The van der Waals surface area contributed by atoms with Gasteiger partial charge in [0.25, 0.3) is 0 Å². The number of ether oxygens (including phenoxy) is 3. The lowest BCUT2D eigenvalue weighted by Crippen LogP contribution is -2.54. The van der Waals surface area contributed by atoms with E-state index in [0.29, 0.717) is 34.8 Å². The number of rotatable bonds is 5. The van der Waals surface area contributed by atoms with Crippen LogP contribution in [-0.4, -0.2) is 47.8 Å². The Bertz CT molecular complexity index is 811. The number of carbonyl (C=O) groups is 1. The molecule has 2 fully saturated rings. The molecule has 4 rings (SSSR count). The van der Waals surface area contributed by atoms with Gasteiger partial charge < -0.3 is 19.3 Å². The van der Waals surface area contributed by atoms with Crippen LogP contribution in [0.3, 0.4) is 0 Å². The number of esters is 1. The van der Waals surface area contributed by atoms with Crippen molar-refractivity contribution in [2.24, 2.45) is 17.8 Å². The summed E-state index contributed by atoms with van der Waals surface area (Å²) < 4.78 is 17.4. The number of allylic oxidation sites excluding steroid dienone is 1. The van der Waals surface area contributed by atoms with E-state index >= 15 is 0 Å². The first-order chi connectivity index (χ1) is 14.8. The van der Waals surface area contributed by atoms with Gasteiger partial charge in [0.15, 0.2) is 11.5 Å². The van der Waals surface area contributed by atoms with Gasteiger partial charge in [-0.1, -0.05) is 27.2 Å². The molecular weight excluding hydrogens is 394 g/mol. The zero-order valence-corrected chi connectivity index (χ0v) is 19.5. The third-order valence-corrected chi connectivity index (χ3v) is 7.47. The molecule has 0 aromatic rings. The highest BCUT2D eigenvalue weighted by molar-refractivity contribution is 5.93. The number of aliphatic hydroxyl groups excluding tert-OH is 1. The van der Waals surface area contributed by atoms with E-state index < -0.39 is 0 Å². The second-order valence-electron chi connectivity index (χ2n) is 9.89. The van der Waals surface area contributed by atoms with Gasteiger partial charge in [0.05, 0.1) is 18.8 Å². The molecular formula is C25H37NO5. The minimum absolute atomic E-state index is 0.0715. The molecule has 5 unspecified atom stereocenters. The van der Waals surface area contributed by atoms with E-state index in [1.165, 1.54) is 0 Å². The minimum atomic E-state index is -0.371. The molecule has 0 amide bonds. The molecule has 0 saturated carbocycles. The summed E-state index contributed by atoms with van der Waals surface area (Å²) in [5.41, 5.74) is 0.481.